The van der Waals surface area contributed by atoms with Crippen molar-refractivity contribution in [3.8, 4) is 0 Å². The third kappa shape index (κ3) is 3.41. The quantitative estimate of drug-likeness (QED) is 0.725. The van der Waals surface area contributed by atoms with E-state index in [0.29, 0.717) is 5.56 Å². The summed E-state index contributed by atoms with van der Waals surface area (Å²) in [6.45, 7) is 1.78. The minimum atomic E-state index is -1.60. The molecule has 0 radical (unpaired) electrons. The fourth-order valence-corrected chi connectivity index (χ4v) is 1.38. The molecular weight excluding hydrogens is 236 g/mol. The summed E-state index contributed by atoms with van der Waals surface area (Å²) >= 11 is 0. The Bertz CT molecular complexity index is 392. The fraction of sp³-hybridized carbons (Fsp3) is 0.500. The molecule has 2 atom stereocenters. The van der Waals surface area contributed by atoms with Gasteiger partial charge in [0.05, 0.1) is 6.61 Å². The Hall–Kier alpha value is -1.66. The van der Waals surface area contributed by atoms with Crippen LogP contribution in [0, 0.1) is 0 Å². The normalized spacial score (nSPS) is 13.8. The molecule has 100 valence electrons. The lowest BCUT2D eigenvalue weighted by molar-refractivity contribution is -0.159. The first-order valence-electron chi connectivity index (χ1n) is 5.63. The van der Waals surface area contributed by atoms with Gasteiger partial charge in [0.15, 0.2) is 6.10 Å². The van der Waals surface area contributed by atoms with Crippen molar-refractivity contribution in [1.29, 1.82) is 0 Å². The molecule has 1 aromatic rings. The number of carbonyl (C=O) groups excluding carboxylic acids is 1. The molecule has 0 saturated heterocycles. The van der Waals surface area contributed by atoms with Gasteiger partial charge in [0, 0.05) is 25.9 Å². The highest BCUT2D eigenvalue weighted by molar-refractivity contribution is 5.75. The number of hydrogen-bond acceptors (Lipinski definition) is 6. The molecule has 1 aromatic heterocycles. The van der Waals surface area contributed by atoms with Crippen molar-refractivity contribution in [3.63, 3.8) is 0 Å². The van der Waals surface area contributed by atoms with E-state index in [0.717, 1.165) is 5.82 Å². The van der Waals surface area contributed by atoms with Gasteiger partial charge in [-0.15, -0.1) is 0 Å². The first kappa shape index (κ1) is 14.4. The maximum Gasteiger partial charge on any atom is 0.338 e. The van der Waals surface area contributed by atoms with Crippen molar-refractivity contribution in [2.24, 2.45) is 0 Å². The predicted octanol–water partition coefficient (Wildman–Crippen LogP) is 0.105. The smallest absolute Gasteiger partial charge is 0.338 e. The largest absolute Gasteiger partial charge is 0.464 e. The van der Waals surface area contributed by atoms with Crippen molar-refractivity contribution in [3.05, 3.63) is 23.9 Å². The zero-order valence-electron chi connectivity index (χ0n) is 10.7. The summed E-state index contributed by atoms with van der Waals surface area (Å²) in [5, 5.41) is 19.4. The molecule has 2 N–H and O–H groups in total. The van der Waals surface area contributed by atoms with E-state index in [-0.39, 0.29) is 6.61 Å². The average molecular weight is 254 g/mol. The third-order valence-corrected chi connectivity index (χ3v) is 2.40. The molecule has 0 saturated carbocycles. The number of esters is 1. The lowest BCUT2D eigenvalue weighted by Gasteiger charge is -2.17. The van der Waals surface area contributed by atoms with Crippen molar-refractivity contribution in [2.45, 2.75) is 19.1 Å². The summed E-state index contributed by atoms with van der Waals surface area (Å²) in [5.41, 5.74) is 0.362. The van der Waals surface area contributed by atoms with Gasteiger partial charge in [-0.2, -0.15) is 0 Å². The van der Waals surface area contributed by atoms with Crippen LogP contribution >= 0.6 is 0 Å². The van der Waals surface area contributed by atoms with Crippen molar-refractivity contribution >= 4 is 11.8 Å². The summed E-state index contributed by atoms with van der Waals surface area (Å²) in [5.74, 6) is -0.127. The van der Waals surface area contributed by atoms with Gasteiger partial charge in [0.25, 0.3) is 0 Å². The number of carbonyl (C=O) groups is 1. The van der Waals surface area contributed by atoms with E-state index in [1.54, 1.807) is 24.0 Å². The summed E-state index contributed by atoms with van der Waals surface area (Å²) in [6, 6.07) is 3.30. The molecule has 2 unspecified atom stereocenters. The Morgan fingerprint density at radius 3 is 2.56 bits per heavy atom. The lowest BCUT2D eigenvalue weighted by Crippen LogP contribution is -2.30. The molecule has 1 rings (SSSR count). The number of pyridine rings is 1. The monoisotopic (exact) mass is 254 g/mol. The SMILES string of the molecule is CCOC(=O)C(O)C(O)c1ccc(N(C)C)nc1. The Morgan fingerprint density at radius 1 is 1.44 bits per heavy atom. The van der Waals surface area contributed by atoms with Gasteiger partial charge in [-0.05, 0) is 13.0 Å². The maximum atomic E-state index is 11.3. The van der Waals surface area contributed by atoms with Crippen LogP contribution in [-0.2, 0) is 9.53 Å². The molecule has 0 aromatic carbocycles. The Kier molecular flexibility index (Phi) is 5.06. The second-order valence-corrected chi connectivity index (χ2v) is 3.99. The minimum absolute atomic E-state index is 0.153. The number of aliphatic hydroxyl groups excluding tert-OH is 2. The van der Waals surface area contributed by atoms with Crippen LogP contribution in [0.1, 0.15) is 18.6 Å². The topological polar surface area (TPSA) is 82.9 Å². The number of nitrogens with zero attached hydrogens (tertiary/aromatic N) is 2. The Morgan fingerprint density at radius 2 is 2.11 bits per heavy atom. The van der Waals surface area contributed by atoms with E-state index in [1.807, 2.05) is 14.1 Å². The summed E-state index contributed by atoms with van der Waals surface area (Å²) < 4.78 is 4.63. The van der Waals surface area contributed by atoms with Gasteiger partial charge in [-0.25, -0.2) is 9.78 Å². The molecule has 6 nitrogen and oxygen atoms in total. The standard InChI is InChI=1S/C12H18N2O4/c1-4-18-12(17)11(16)10(15)8-5-6-9(13-7-8)14(2)3/h5-7,10-11,15-16H,4H2,1-3H3. The van der Waals surface area contributed by atoms with Crippen LogP contribution in [-0.4, -0.2) is 48.0 Å². The van der Waals surface area contributed by atoms with Gasteiger partial charge in [0.1, 0.15) is 11.9 Å². The minimum Gasteiger partial charge on any atom is -0.464 e. The second-order valence-electron chi connectivity index (χ2n) is 3.99. The maximum absolute atomic E-state index is 11.3. The first-order chi connectivity index (χ1) is 8.47. The number of hydrogen-bond donors (Lipinski definition) is 2. The molecular formula is C12H18N2O4. The van der Waals surface area contributed by atoms with Crippen LogP contribution in [0.4, 0.5) is 5.82 Å². The fourth-order valence-electron chi connectivity index (χ4n) is 1.38. The molecule has 0 aliphatic carbocycles. The number of rotatable bonds is 5. The van der Waals surface area contributed by atoms with Gasteiger partial charge in [-0.3, -0.25) is 0 Å². The Balaban J connectivity index is 2.77. The number of aliphatic hydroxyl groups is 2. The van der Waals surface area contributed by atoms with Crippen molar-refractivity contribution < 1.29 is 19.7 Å². The van der Waals surface area contributed by atoms with Crippen molar-refractivity contribution in [1.82, 2.24) is 4.98 Å². The van der Waals surface area contributed by atoms with E-state index in [9.17, 15) is 15.0 Å². The molecule has 0 bridgehead atoms. The molecule has 0 aliphatic rings. The van der Waals surface area contributed by atoms with Crippen molar-refractivity contribution in [2.75, 3.05) is 25.6 Å². The highest BCUT2D eigenvalue weighted by Crippen LogP contribution is 2.19. The summed E-state index contributed by atoms with van der Waals surface area (Å²) in [7, 11) is 3.68. The molecule has 0 fully saturated rings. The van der Waals surface area contributed by atoms with Crippen LogP contribution < -0.4 is 4.90 Å². The van der Waals surface area contributed by atoms with Crippen LogP contribution in [0.2, 0.25) is 0 Å². The summed E-state index contributed by atoms with van der Waals surface area (Å²) in [4.78, 5) is 17.2. The van der Waals surface area contributed by atoms with Gasteiger partial charge in [0.2, 0.25) is 0 Å². The number of aromatic nitrogens is 1. The van der Waals surface area contributed by atoms with E-state index in [1.165, 1.54) is 6.20 Å². The zero-order chi connectivity index (χ0) is 13.7. The molecule has 18 heavy (non-hydrogen) atoms. The average Bonchev–Trinajstić information content (AvgIpc) is 2.37. The van der Waals surface area contributed by atoms with Crippen LogP contribution in [0.15, 0.2) is 18.3 Å². The van der Waals surface area contributed by atoms with Crippen LogP contribution in [0.25, 0.3) is 0 Å². The van der Waals surface area contributed by atoms with Gasteiger partial charge < -0.3 is 19.8 Å². The highest BCUT2D eigenvalue weighted by atomic mass is 16.5. The molecule has 6 heteroatoms. The lowest BCUT2D eigenvalue weighted by atomic mass is 10.1. The second kappa shape index (κ2) is 6.32. The van der Waals surface area contributed by atoms with E-state index in [2.05, 4.69) is 9.72 Å². The predicted molar refractivity (Wildman–Crippen MR) is 66.2 cm³/mol. The first-order valence-corrected chi connectivity index (χ1v) is 5.63. The molecule has 0 amide bonds. The number of ether oxygens (including phenoxy) is 1. The van der Waals surface area contributed by atoms with E-state index >= 15 is 0 Å². The molecule has 1 heterocycles. The Labute approximate surface area is 106 Å². The molecule has 0 spiro atoms. The van der Waals surface area contributed by atoms with E-state index < -0.39 is 18.2 Å². The third-order valence-electron chi connectivity index (χ3n) is 2.40. The zero-order valence-corrected chi connectivity index (χ0v) is 10.7. The molecule has 0 aliphatic heterocycles. The summed E-state index contributed by atoms with van der Waals surface area (Å²) in [6.07, 6.45) is -1.52. The van der Waals surface area contributed by atoms with Gasteiger partial charge >= 0.3 is 5.97 Å². The van der Waals surface area contributed by atoms with Crippen LogP contribution in [0.3, 0.4) is 0 Å². The highest BCUT2D eigenvalue weighted by Gasteiger charge is 2.27. The van der Waals surface area contributed by atoms with E-state index in [4.69, 9.17) is 0 Å². The number of anilines is 1. The van der Waals surface area contributed by atoms with Gasteiger partial charge in [-0.1, -0.05) is 6.07 Å². The van der Waals surface area contributed by atoms with Crippen LogP contribution in [0.5, 0.6) is 0 Å².